The molecule has 1 aromatic heterocycles. The number of hydrogen-bond donors (Lipinski definition) is 2. The molecule has 5 nitrogen and oxygen atoms in total. The molecule has 1 amide bonds. The molecule has 2 atom stereocenters. The highest BCUT2D eigenvalue weighted by atomic mass is 16.1. The molecule has 0 spiro atoms. The third-order valence-electron chi connectivity index (χ3n) is 5.05. The minimum Gasteiger partial charge on any atom is -0.365 e. The van der Waals surface area contributed by atoms with Gasteiger partial charge < -0.3 is 16.4 Å². The van der Waals surface area contributed by atoms with Gasteiger partial charge in [0.15, 0.2) is 0 Å². The van der Waals surface area contributed by atoms with Crippen molar-refractivity contribution in [2.45, 2.75) is 44.6 Å². The summed E-state index contributed by atoms with van der Waals surface area (Å²) in [5, 5.41) is 0. The molecule has 114 valence electrons. The van der Waals surface area contributed by atoms with Crippen molar-refractivity contribution in [1.29, 1.82) is 0 Å². The molecule has 1 aromatic rings. The topological polar surface area (TPSA) is 85.2 Å². The summed E-state index contributed by atoms with van der Waals surface area (Å²) < 4.78 is 0. The fraction of sp³-hybridized carbons (Fsp3) is 0.625. The molecule has 3 rings (SSSR count). The van der Waals surface area contributed by atoms with Gasteiger partial charge in [-0.05, 0) is 56.2 Å². The van der Waals surface area contributed by atoms with Crippen LogP contribution in [-0.2, 0) is 12.8 Å². The van der Waals surface area contributed by atoms with Gasteiger partial charge in [-0.1, -0.05) is 6.42 Å². The van der Waals surface area contributed by atoms with E-state index >= 15 is 0 Å². The molecule has 1 fully saturated rings. The van der Waals surface area contributed by atoms with Crippen LogP contribution in [0.3, 0.4) is 0 Å². The molecule has 2 aliphatic carbocycles. The molecule has 0 aliphatic heterocycles. The van der Waals surface area contributed by atoms with E-state index in [9.17, 15) is 4.79 Å². The number of nitrogens with zero attached hydrogens (tertiary/aromatic N) is 2. The number of fused-ring (bicyclic) bond motifs is 1. The minimum absolute atomic E-state index is 0.361. The van der Waals surface area contributed by atoms with Gasteiger partial charge in [0, 0.05) is 18.8 Å². The van der Waals surface area contributed by atoms with Gasteiger partial charge in [0.05, 0.1) is 5.56 Å². The fourth-order valence-corrected chi connectivity index (χ4v) is 3.87. The summed E-state index contributed by atoms with van der Waals surface area (Å²) in [6.07, 6.45) is 6.57. The molecule has 0 aromatic carbocycles. The normalized spacial score (nSPS) is 24.1. The van der Waals surface area contributed by atoms with E-state index in [4.69, 9.17) is 16.5 Å². The van der Waals surface area contributed by atoms with Crippen molar-refractivity contribution in [1.82, 2.24) is 4.98 Å². The number of carbonyl (C=O) groups is 1. The smallest absolute Gasteiger partial charge is 0.252 e. The zero-order valence-corrected chi connectivity index (χ0v) is 12.6. The summed E-state index contributed by atoms with van der Waals surface area (Å²) in [7, 11) is 2.02. The second-order valence-electron chi connectivity index (χ2n) is 6.29. The quantitative estimate of drug-likeness (QED) is 0.872. The second-order valence-corrected chi connectivity index (χ2v) is 6.29. The zero-order valence-electron chi connectivity index (χ0n) is 12.6. The van der Waals surface area contributed by atoms with Crippen LogP contribution in [0.2, 0.25) is 0 Å². The molecule has 0 saturated heterocycles. The van der Waals surface area contributed by atoms with Crippen LogP contribution >= 0.6 is 0 Å². The van der Waals surface area contributed by atoms with Crippen LogP contribution in [0.1, 0.15) is 47.3 Å². The van der Waals surface area contributed by atoms with Crippen molar-refractivity contribution in [2.75, 3.05) is 18.5 Å². The van der Waals surface area contributed by atoms with Crippen LogP contribution in [-0.4, -0.2) is 30.5 Å². The predicted octanol–water partition coefficient (Wildman–Crippen LogP) is 1.23. The van der Waals surface area contributed by atoms with Crippen molar-refractivity contribution in [3.05, 3.63) is 22.9 Å². The summed E-state index contributed by atoms with van der Waals surface area (Å²) in [4.78, 5) is 18.7. The number of pyridine rings is 1. The number of rotatable bonds is 4. The summed E-state index contributed by atoms with van der Waals surface area (Å²) in [6, 6.07) is 2.32. The average molecular weight is 288 g/mol. The Morgan fingerprint density at radius 1 is 1.38 bits per heavy atom. The highest BCUT2D eigenvalue weighted by Gasteiger charge is 2.32. The Morgan fingerprint density at radius 3 is 2.90 bits per heavy atom. The zero-order chi connectivity index (χ0) is 15.0. The summed E-state index contributed by atoms with van der Waals surface area (Å²) in [6.45, 7) is 0.686. The predicted molar refractivity (Wildman–Crippen MR) is 83.4 cm³/mol. The maximum atomic E-state index is 11.8. The van der Waals surface area contributed by atoms with Gasteiger partial charge in [-0.15, -0.1) is 0 Å². The van der Waals surface area contributed by atoms with E-state index in [0.29, 0.717) is 24.1 Å². The first-order valence-electron chi connectivity index (χ1n) is 7.87. The van der Waals surface area contributed by atoms with Gasteiger partial charge in [-0.3, -0.25) is 4.79 Å². The van der Waals surface area contributed by atoms with Gasteiger partial charge in [-0.25, -0.2) is 4.98 Å². The number of amides is 1. The number of anilines is 1. The van der Waals surface area contributed by atoms with E-state index in [1.807, 2.05) is 13.1 Å². The van der Waals surface area contributed by atoms with Crippen molar-refractivity contribution in [3.8, 4) is 0 Å². The highest BCUT2D eigenvalue weighted by Crippen LogP contribution is 2.34. The summed E-state index contributed by atoms with van der Waals surface area (Å²) in [5.41, 5.74) is 14.3. The van der Waals surface area contributed by atoms with Crippen LogP contribution < -0.4 is 16.4 Å². The van der Waals surface area contributed by atoms with Gasteiger partial charge in [0.2, 0.25) is 0 Å². The van der Waals surface area contributed by atoms with Crippen LogP contribution in [0, 0.1) is 5.92 Å². The van der Waals surface area contributed by atoms with Gasteiger partial charge in [-0.2, -0.15) is 0 Å². The lowest BCUT2D eigenvalue weighted by Gasteiger charge is -2.31. The maximum Gasteiger partial charge on any atom is 0.252 e. The first-order valence-corrected chi connectivity index (χ1v) is 7.87. The number of primary amides is 1. The Balaban J connectivity index is 1.98. The Morgan fingerprint density at radius 2 is 2.19 bits per heavy atom. The van der Waals surface area contributed by atoms with Crippen LogP contribution in [0.4, 0.5) is 5.82 Å². The summed E-state index contributed by atoms with van der Waals surface area (Å²) in [5.74, 6) is 0.834. The van der Waals surface area contributed by atoms with Gasteiger partial charge >= 0.3 is 0 Å². The Labute approximate surface area is 125 Å². The molecule has 21 heavy (non-hydrogen) atoms. The number of carbonyl (C=O) groups excluding carboxylic acids is 1. The van der Waals surface area contributed by atoms with E-state index in [-0.39, 0.29) is 5.91 Å². The Hall–Kier alpha value is -1.62. The standard InChI is InChI=1S/C16H24N4O/c1-20(14-7-3-5-11(14)9-17)16-12(15(18)21)8-10-4-2-6-13(10)19-16/h8,11,14H,2-7,9,17H2,1H3,(H2,18,21). The molecule has 4 N–H and O–H groups in total. The van der Waals surface area contributed by atoms with Crippen LogP contribution in [0.15, 0.2) is 6.07 Å². The van der Waals surface area contributed by atoms with Crippen molar-refractivity contribution >= 4 is 11.7 Å². The highest BCUT2D eigenvalue weighted by molar-refractivity contribution is 5.98. The molecule has 5 heteroatoms. The summed E-state index contributed by atoms with van der Waals surface area (Å²) >= 11 is 0. The third-order valence-corrected chi connectivity index (χ3v) is 5.05. The molecule has 2 unspecified atom stereocenters. The molecule has 0 radical (unpaired) electrons. The van der Waals surface area contributed by atoms with Crippen molar-refractivity contribution < 1.29 is 4.79 Å². The van der Waals surface area contributed by atoms with Crippen LogP contribution in [0.5, 0.6) is 0 Å². The molecule has 0 bridgehead atoms. The fourth-order valence-electron chi connectivity index (χ4n) is 3.87. The lowest BCUT2D eigenvalue weighted by molar-refractivity contribution is 0.1000. The van der Waals surface area contributed by atoms with Crippen molar-refractivity contribution in [2.24, 2.45) is 17.4 Å². The monoisotopic (exact) mass is 288 g/mol. The molecule has 1 saturated carbocycles. The molecule has 2 aliphatic rings. The van der Waals surface area contributed by atoms with E-state index in [0.717, 1.165) is 43.6 Å². The van der Waals surface area contributed by atoms with Crippen molar-refractivity contribution in [3.63, 3.8) is 0 Å². The van der Waals surface area contributed by atoms with Gasteiger partial charge in [0.1, 0.15) is 5.82 Å². The molecule has 1 heterocycles. The third kappa shape index (κ3) is 2.50. The Bertz CT molecular complexity index is 557. The van der Waals surface area contributed by atoms with Gasteiger partial charge in [0.25, 0.3) is 5.91 Å². The Kier molecular flexibility index (Phi) is 3.85. The maximum absolute atomic E-state index is 11.8. The van der Waals surface area contributed by atoms with Crippen LogP contribution in [0.25, 0.3) is 0 Å². The van der Waals surface area contributed by atoms with E-state index in [1.165, 1.54) is 12.0 Å². The second kappa shape index (κ2) is 5.64. The first kappa shape index (κ1) is 14.3. The largest absolute Gasteiger partial charge is 0.365 e. The molecular formula is C16H24N4O. The first-order chi connectivity index (χ1) is 10.1. The van der Waals surface area contributed by atoms with E-state index < -0.39 is 0 Å². The SMILES string of the molecule is CN(c1nc2c(cc1C(N)=O)CCC2)C1CCCC1CN. The average Bonchev–Trinajstić information content (AvgIpc) is 3.12. The number of hydrogen-bond acceptors (Lipinski definition) is 4. The van der Waals surface area contributed by atoms with E-state index in [2.05, 4.69) is 4.90 Å². The minimum atomic E-state index is -0.388. The molecular weight excluding hydrogens is 264 g/mol. The number of aryl methyl sites for hydroxylation is 2. The van der Waals surface area contributed by atoms with E-state index in [1.54, 1.807) is 0 Å². The number of aromatic nitrogens is 1. The lowest BCUT2D eigenvalue weighted by Crippen LogP contribution is -2.39. The number of nitrogens with two attached hydrogens (primary N) is 2. The lowest BCUT2D eigenvalue weighted by atomic mass is 10.0.